The third kappa shape index (κ3) is 3.26. The molecule has 2 aromatic rings. The van der Waals surface area contributed by atoms with Crippen LogP contribution in [0.5, 0.6) is 5.75 Å². The Morgan fingerprint density at radius 3 is 2.96 bits per heavy atom. The minimum absolute atomic E-state index is 0.0329. The van der Waals surface area contributed by atoms with Crippen LogP contribution in [0.25, 0.3) is 0 Å². The van der Waals surface area contributed by atoms with Crippen molar-refractivity contribution < 1.29 is 9.53 Å². The summed E-state index contributed by atoms with van der Waals surface area (Å²) in [5, 5.41) is 3.19. The van der Waals surface area contributed by atoms with Gasteiger partial charge in [0.1, 0.15) is 5.75 Å². The molecule has 2 heterocycles. The minimum Gasteiger partial charge on any atom is -0.497 e. The number of aromatic nitrogens is 1. The van der Waals surface area contributed by atoms with Crippen LogP contribution in [0.1, 0.15) is 42.9 Å². The van der Waals surface area contributed by atoms with Crippen molar-refractivity contribution in [1.82, 2.24) is 15.2 Å². The Morgan fingerprint density at radius 1 is 1.35 bits per heavy atom. The lowest BCUT2D eigenvalue weighted by molar-refractivity contribution is 0.192. The van der Waals surface area contributed by atoms with Crippen molar-refractivity contribution in [3.63, 3.8) is 0 Å². The molecule has 5 nitrogen and oxygen atoms in total. The molecule has 1 atom stereocenters. The Morgan fingerprint density at radius 2 is 2.23 bits per heavy atom. The number of hydrogen-bond donors (Lipinski definition) is 1. The quantitative estimate of drug-likeness (QED) is 0.894. The van der Waals surface area contributed by atoms with Crippen molar-refractivity contribution in [2.75, 3.05) is 20.2 Å². The average Bonchev–Trinajstić information content (AvgIpc) is 3.34. The largest absolute Gasteiger partial charge is 0.497 e. The summed E-state index contributed by atoms with van der Waals surface area (Å²) in [4.78, 5) is 19.0. The van der Waals surface area contributed by atoms with E-state index in [1.807, 2.05) is 29.3 Å². The Bertz CT molecular complexity index is 774. The number of benzene rings is 1. The number of rotatable bonds is 5. The van der Waals surface area contributed by atoms with Crippen molar-refractivity contribution in [1.29, 1.82) is 0 Å². The Balaban J connectivity index is 1.42. The number of amides is 2. The summed E-state index contributed by atoms with van der Waals surface area (Å²) < 4.78 is 5.35. The highest BCUT2D eigenvalue weighted by Gasteiger charge is 2.45. The van der Waals surface area contributed by atoms with E-state index in [-0.39, 0.29) is 17.5 Å². The smallest absolute Gasteiger partial charge is 0.317 e. The molecule has 2 aliphatic rings. The first-order valence-electron chi connectivity index (χ1n) is 9.31. The molecule has 0 bridgehead atoms. The zero-order valence-corrected chi connectivity index (χ0v) is 15.1. The van der Waals surface area contributed by atoms with E-state index in [2.05, 4.69) is 28.5 Å². The molecule has 136 valence electrons. The second-order valence-electron chi connectivity index (χ2n) is 7.31. The van der Waals surface area contributed by atoms with Crippen molar-refractivity contribution >= 4 is 6.03 Å². The van der Waals surface area contributed by atoms with Crippen LogP contribution < -0.4 is 10.1 Å². The molecule has 1 aliphatic heterocycles. The van der Waals surface area contributed by atoms with Crippen LogP contribution in [-0.2, 0) is 5.41 Å². The maximum Gasteiger partial charge on any atom is 0.317 e. The average molecular weight is 351 g/mol. The lowest BCUT2D eigenvalue weighted by Crippen LogP contribution is -2.42. The van der Waals surface area contributed by atoms with Crippen molar-refractivity contribution in [2.45, 2.75) is 37.1 Å². The predicted molar refractivity (Wildman–Crippen MR) is 100 cm³/mol. The van der Waals surface area contributed by atoms with Crippen LogP contribution in [0.2, 0.25) is 0 Å². The van der Waals surface area contributed by atoms with E-state index in [9.17, 15) is 4.79 Å². The summed E-state index contributed by atoms with van der Waals surface area (Å²) in [6, 6.07) is 12.4. The highest BCUT2D eigenvalue weighted by atomic mass is 16.5. The van der Waals surface area contributed by atoms with Gasteiger partial charge in [-0.2, -0.15) is 0 Å². The molecule has 0 spiro atoms. The van der Waals surface area contributed by atoms with Crippen LogP contribution in [0.3, 0.4) is 0 Å². The SMILES string of the molecule is COc1cccc(C2(CNC(=O)N3CCCC3c3cccnc3)CC2)c1. The fourth-order valence-corrected chi connectivity index (χ4v) is 3.95. The van der Waals surface area contributed by atoms with E-state index >= 15 is 0 Å². The van der Waals surface area contributed by atoms with Crippen LogP contribution in [0, 0.1) is 0 Å². The van der Waals surface area contributed by atoms with Gasteiger partial charge in [-0.05, 0) is 55.0 Å². The second-order valence-corrected chi connectivity index (χ2v) is 7.31. The predicted octanol–water partition coefficient (Wildman–Crippen LogP) is 3.67. The lowest BCUT2D eigenvalue weighted by Gasteiger charge is -2.26. The number of nitrogens with one attached hydrogen (secondary N) is 1. The molecule has 1 aromatic heterocycles. The number of nitrogens with zero attached hydrogens (tertiary/aromatic N) is 2. The highest BCUT2D eigenvalue weighted by molar-refractivity contribution is 5.75. The number of ether oxygens (including phenoxy) is 1. The molecule has 1 saturated carbocycles. The molecular weight excluding hydrogens is 326 g/mol. The number of hydrogen-bond acceptors (Lipinski definition) is 3. The molecule has 2 fully saturated rings. The number of pyridine rings is 1. The van der Waals surface area contributed by atoms with Crippen molar-refractivity contribution in [2.24, 2.45) is 0 Å². The molecule has 5 heteroatoms. The fraction of sp³-hybridized carbons (Fsp3) is 0.429. The summed E-state index contributed by atoms with van der Waals surface area (Å²) in [7, 11) is 1.69. The summed E-state index contributed by atoms with van der Waals surface area (Å²) in [6.07, 6.45) is 7.88. The van der Waals surface area contributed by atoms with Gasteiger partial charge in [0.25, 0.3) is 0 Å². The van der Waals surface area contributed by atoms with Gasteiger partial charge in [0.05, 0.1) is 13.2 Å². The third-order valence-electron chi connectivity index (χ3n) is 5.70. The number of likely N-dealkylation sites (tertiary alicyclic amines) is 1. The standard InChI is InChI=1S/C21H25N3O2/c1-26-18-7-2-6-17(13-18)21(9-10-21)15-23-20(25)24-12-4-8-19(24)16-5-3-11-22-14-16/h2-3,5-7,11,13-14,19H,4,8-10,12,15H2,1H3,(H,23,25). The Labute approximate surface area is 154 Å². The molecule has 2 amide bonds. The maximum absolute atomic E-state index is 12.8. The number of carbonyl (C=O) groups is 1. The molecular formula is C21H25N3O2. The minimum atomic E-state index is 0.0329. The zero-order chi connectivity index (χ0) is 18.0. The number of carbonyl (C=O) groups excluding carboxylic acids is 1. The van der Waals surface area contributed by atoms with Gasteiger partial charge in [0.2, 0.25) is 0 Å². The summed E-state index contributed by atoms with van der Waals surface area (Å²) in [5.41, 5.74) is 2.43. The monoisotopic (exact) mass is 351 g/mol. The molecule has 0 radical (unpaired) electrons. The molecule has 1 aromatic carbocycles. The van der Waals surface area contributed by atoms with Crippen LogP contribution in [-0.4, -0.2) is 36.1 Å². The number of methoxy groups -OCH3 is 1. The third-order valence-corrected chi connectivity index (χ3v) is 5.70. The van der Waals surface area contributed by atoms with E-state index in [1.165, 1.54) is 5.56 Å². The normalized spacial score (nSPS) is 20.7. The molecule has 1 N–H and O–H groups in total. The topological polar surface area (TPSA) is 54.5 Å². The van der Waals surface area contributed by atoms with E-state index in [0.29, 0.717) is 6.54 Å². The van der Waals surface area contributed by atoms with Gasteiger partial charge in [-0.1, -0.05) is 18.2 Å². The lowest BCUT2D eigenvalue weighted by atomic mass is 9.96. The molecule has 1 unspecified atom stereocenters. The highest BCUT2D eigenvalue weighted by Crippen LogP contribution is 2.48. The van der Waals surface area contributed by atoms with Gasteiger partial charge in [-0.15, -0.1) is 0 Å². The van der Waals surface area contributed by atoms with Crippen LogP contribution >= 0.6 is 0 Å². The molecule has 4 rings (SSSR count). The fourth-order valence-electron chi connectivity index (χ4n) is 3.95. The van der Waals surface area contributed by atoms with E-state index in [4.69, 9.17) is 4.74 Å². The zero-order valence-electron chi connectivity index (χ0n) is 15.1. The molecule has 26 heavy (non-hydrogen) atoms. The Kier molecular flexibility index (Phi) is 4.53. The molecule has 1 aliphatic carbocycles. The van der Waals surface area contributed by atoms with Gasteiger partial charge in [-0.3, -0.25) is 4.98 Å². The van der Waals surface area contributed by atoms with Crippen LogP contribution in [0.15, 0.2) is 48.8 Å². The summed E-state index contributed by atoms with van der Waals surface area (Å²) >= 11 is 0. The van der Waals surface area contributed by atoms with E-state index in [1.54, 1.807) is 13.3 Å². The van der Waals surface area contributed by atoms with Gasteiger partial charge in [0.15, 0.2) is 0 Å². The van der Waals surface area contributed by atoms with E-state index in [0.717, 1.165) is 43.5 Å². The Hall–Kier alpha value is -2.56. The van der Waals surface area contributed by atoms with Gasteiger partial charge < -0.3 is 15.0 Å². The van der Waals surface area contributed by atoms with E-state index < -0.39 is 0 Å². The maximum atomic E-state index is 12.8. The second kappa shape index (κ2) is 6.98. The number of urea groups is 1. The summed E-state index contributed by atoms with van der Waals surface area (Å²) in [5.74, 6) is 0.872. The van der Waals surface area contributed by atoms with Gasteiger partial charge in [-0.25, -0.2) is 4.79 Å². The first-order valence-corrected chi connectivity index (χ1v) is 9.31. The van der Waals surface area contributed by atoms with Gasteiger partial charge >= 0.3 is 6.03 Å². The van der Waals surface area contributed by atoms with Gasteiger partial charge in [0, 0.05) is 30.9 Å². The van der Waals surface area contributed by atoms with Crippen LogP contribution in [0.4, 0.5) is 4.79 Å². The first-order chi connectivity index (χ1) is 12.7. The van der Waals surface area contributed by atoms with Crippen molar-refractivity contribution in [3.05, 3.63) is 59.9 Å². The van der Waals surface area contributed by atoms with Crippen molar-refractivity contribution in [3.8, 4) is 5.75 Å². The first kappa shape index (κ1) is 16.9. The molecule has 1 saturated heterocycles. The summed E-state index contributed by atoms with van der Waals surface area (Å²) in [6.45, 7) is 1.48.